The summed E-state index contributed by atoms with van der Waals surface area (Å²) in [4.78, 5) is 4.21. The van der Waals surface area contributed by atoms with Crippen LogP contribution in [0.25, 0.3) is 16.7 Å². The average molecular weight is 327 g/mol. The van der Waals surface area contributed by atoms with Crippen LogP contribution >= 0.6 is 23.2 Å². The van der Waals surface area contributed by atoms with Gasteiger partial charge in [-0.25, -0.2) is 13.8 Å². The van der Waals surface area contributed by atoms with Crippen molar-refractivity contribution in [3.63, 3.8) is 0 Å². The third-order valence-electron chi connectivity index (χ3n) is 3.13. The Morgan fingerprint density at radius 1 is 1.19 bits per heavy atom. The number of nitrogens with zero attached hydrogens (tertiary/aromatic N) is 2. The molecule has 0 spiro atoms. The predicted octanol–water partition coefficient (Wildman–Crippen LogP) is 5.26. The van der Waals surface area contributed by atoms with Gasteiger partial charge in [0.25, 0.3) is 0 Å². The van der Waals surface area contributed by atoms with E-state index in [9.17, 15) is 8.78 Å². The highest BCUT2D eigenvalue weighted by Crippen LogP contribution is 2.30. The summed E-state index contributed by atoms with van der Waals surface area (Å²) >= 11 is 12.1. The second-order valence-electron chi connectivity index (χ2n) is 4.66. The van der Waals surface area contributed by atoms with Gasteiger partial charge in [-0.2, -0.15) is 0 Å². The van der Waals surface area contributed by atoms with E-state index in [-0.39, 0.29) is 5.52 Å². The Morgan fingerprint density at radius 3 is 2.62 bits per heavy atom. The van der Waals surface area contributed by atoms with Gasteiger partial charge in [-0.3, -0.25) is 4.57 Å². The molecule has 108 valence electrons. The Morgan fingerprint density at radius 2 is 1.95 bits per heavy atom. The fourth-order valence-electron chi connectivity index (χ4n) is 2.27. The first-order valence-corrected chi connectivity index (χ1v) is 7.06. The van der Waals surface area contributed by atoms with Crippen LogP contribution in [0.5, 0.6) is 0 Å². The van der Waals surface area contributed by atoms with Gasteiger partial charge in [-0.05, 0) is 25.1 Å². The molecule has 0 radical (unpaired) electrons. The fourth-order valence-corrected chi connectivity index (χ4v) is 2.61. The number of hydrogen-bond donors (Lipinski definition) is 0. The largest absolute Gasteiger partial charge is 0.295 e. The topological polar surface area (TPSA) is 17.8 Å². The third kappa shape index (κ3) is 2.49. The molecule has 1 aromatic heterocycles. The molecule has 0 amide bonds. The zero-order valence-corrected chi connectivity index (χ0v) is 12.5. The molecule has 0 saturated heterocycles. The van der Waals surface area contributed by atoms with Crippen molar-refractivity contribution < 1.29 is 8.78 Å². The molecule has 21 heavy (non-hydrogen) atoms. The minimum absolute atomic E-state index is 0.0823. The lowest BCUT2D eigenvalue weighted by Crippen LogP contribution is -2.01. The number of halogens is 4. The standard InChI is InChI=1S/C15H10Cl2F2N2/c1-8(16)15-20-14-12(19)6-10(18)7-13(14)21(15)11-4-2-3-9(17)5-11/h2-8H,1H3. The van der Waals surface area contributed by atoms with Gasteiger partial charge in [-0.15, -0.1) is 11.6 Å². The molecule has 1 atom stereocenters. The van der Waals surface area contributed by atoms with Gasteiger partial charge in [0.15, 0.2) is 5.82 Å². The number of benzene rings is 2. The summed E-state index contributed by atoms with van der Waals surface area (Å²) in [6, 6.07) is 8.97. The van der Waals surface area contributed by atoms with Gasteiger partial charge >= 0.3 is 0 Å². The van der Waals surface area contributed by atoms with Crippen LogP contribution in [0.4, 0.5) is 8.78 Å². The molecule has 1 unspecified atom stereocenters. The van der Waals surface area contributed by atoms with Crippen molar-refractivity contribution in [1.29, 1.82) is 0 Å². The summed E-state index contributed by atoms with van der Waals surface area (Å²) in [6.45, 7) is 1.72. The van der Waals surface area contributed by atoms with E-state index in [1.807, 2.05) is 0 Å². The molecular weight excluding hydrogens is 317 g/mol. The second kappa shape index (κ2) is 5.28. The van der Waals surface area contributed by atoms with Crippen LogP contribution in [0.1, 0.15) is 18.1 Å². The first kappa shape index (κ1) is 14.3. The summed E-state index contributed by atoms with van der Waals surface area (Å²) in [5.41, 5.74) is 1.05. The average Bonchev–Trinajstić information content (AvgIpc) is 2.78. The number of imidazole rings is 1. The number of aromatic nitrogens is 2. The molecule has 0 aliphatic heterocycles. The minimum atomic E-state index is -0.718. The van der Waals surface area contributed by atoms with Crippen molar-refractivity contribution in [1.82, 2.24) is 9.55 Å². The summed E-state index contributed by atoms with van der Waals surface area (Å²) in [5.74, 6) is -0.959. The van der Waals surface area contributed by atoms with Crippen LogP contribution in [-0.4, -0.2) is 9.55 Å². The zero-order valence-electron chi connectivity index (χ0n) is 10.9. The van der Waals surface area contributed by atoms with E-state index in [0.717, 1.165) is 6.07 Å². The highest BCUT2D eigenvalue weighted by Gasteiger charge is 2.19. The molecule has 3 rings (SSSR count). The molecular formula is C15H10Cl2F2N2. The van der Waals surface area contributed by atoms with Crippen molar-refractivity contribution in [2.24, 2.45) is 0 Å². The number of rotatable bonds is 2. The smallest absolute Gasteiger partial charge is 0.153 e. The number of fused-ring (bicyclic) bond motifs is 1. The van der Waals surface area contributed by atoms with E-state index in [1.165, 1.54) is 6.07 Å². The molecule has 6 heteroatoms. The molecule has 0 aliphatic carbocycles. The molecule has 0 fully saturated rings. The fraction of sp³-hybridized carbons (Fsp3) is 0.133. The summed E-state index contributed by atoms with van der Waals surface area (Å²) in [7, 11) is 0. The molecule has 2 nitrogen and oxygen atoms in total. The van der Waals surface area contributed by atoms with Crippen molar-refractivity contribution in [2.45, 2.75) is 12.3 Å². The summed E-state index contributed by atoms with van der Waals surface area (Å²) in [6.07, 6.45) is 0. The van der Waals surface area contributed by atoms with Crippen molar-refractivity contribution in [3.8, 4) is 5.69 Å². The van der Waals surface area contributed by atoms with E-state index >= 15 is 0 Å². The van der Waals surface area contributed by atoms with Gasteiger partial charge < -0.3 is 0 Å². The molecule has 3 aromatic rings. The molecule has 0 bridgehead atoms. The van der Waals surface area contributed by atoms with Gasteiger partial charge in [0, 0.05) is 22.8 Å². The number of hydrogen-bond acceptors (Lipinski definition) is 1. The van der Waals surface area contributed by atoms with Gasteiger partial charge in [-0.1, -0.05) is 17.7 Å². The quantitative estimate of drug-likeness (QED) is 0.587. The van der Waals surface area contributed by atoms with E-state index in [2.05, 4.69) is 4.98 Å². The predicted molar refractivity (Wildman–Crippen MR) is 80.3 cm³/mol. The van der Waals surface area contributed by atoms with Crippen LogP contribution in [0.2, 0.25) is 5.02 Å². The summed E-state index contributed by atoms with van der Waals surface area (Å²) < 4.78 is 29.1. The van der Waals surface area contributed by atoms with Gasteiger partial charge in [0.05, 0.1) is 10.9 Å². The molecule has 1 heterocycles. The van der Waals surface area contributed by atoms with Crippen molar-refractivity contribution >= 4 is 34.2 Å². The van der Waals surface area contributed by atoms with Gasteiger partial charge in [0.1, 0.15) is 17.2 Å². The minimum Gasteiger partial charge on any atom is -0.295 e. The Kier molecular flexibility index (Phi) is 3.59. The van der Waals surface area contributed by atoms with E-state index in [1.54, 1.807) is 35.8 Å². The molecule has 2 aromatic carbocycles. The lowest BCUT2D eigenvalue weighted by molar-refractivity contribution is 0.590. The first-order valence-electron chi connectivity index (χ1n) is 6.25. The van der Waals surface area contributed by atoms with E-state index in [4.69, 9.17) is 23.2 Å². The maximum Gasteiger partial charge on any atom is 0.153 e. The van der Waals surface area contributed by atoms with E-state index in [0.29, 0.717) is 22.1 Å². The Hall–Kier alpha value is -1.65. The van der Waals surface area contributed by atoms with Crippen LogP contribution < -0.4 is 0 Å². The zero-order chi connectivity index (χ0) is 15.1. The number of alkyl halides is 1. The maximum absolute atomic E-state index is 13.9. The Labute approximate surface area is 129 Å². The molecule has 0 aliphatic rings. The lowest BCUT2D eigenvalue weighted by Gasteiger charge is -2.11. The summed E-state index contributed by atoms with van der Waals surface area (Å²) in [5, 5.41) is 0.0400. The SMILES string of the molecule is CC(Cl)c1nc2c(F)cc(F)cc2n1-c1cccc(Cl)c1. The Balaban J connectivity index is 2.41. The van der Waals surface area contributed by atoms with Crippen molar-refractivity contribution in [2.75, 3.05) is 0 Å². The molecule has 0 N–H and O–H groups in total. The maximum atomic E-state index is 13.9. The van der Waals surface area contributed by atoms with Crippen LogP contribution in [0, 0.1) is 11.6 Å². The second-order valence-corrected chi connectivity index (χ2v) is 5.75. The van der Waals surface area contributed by atoms with Crippen molar-refractivity contribution in [3.05, 3.63) is 58.9 Å². The Bertz CT molecular complexity index is 828. The van der Waals surface area contributed by atoms with Crippen LogP contribution in [0.15, 0.2) is 36.4 Å². The third-order valence-corrected chi connectivity index (χ3v) is 3.56. The monoisotopic (exact) mass is 326 g/mol. The van der Waals surface area contributed by atoms with Gasteiger partial charge in [0.2, 0.25) is 0 Å². The first-order chi connectivity index (χ1) is 9.97. The highest BCUT2D eigenvalue weighted by molar-refractivity contribution is 6.30. The normalized spacial score (nSPS) is 12.8. The lowest BCUT2D eigenvalue weighted by atomic mass is 10.2. The van der Waals surface area contributed by atoms with E-state index < -0.39 is 17.0 Å². The van der Waals surface area contributed by atoms with Crippen LogP contribution in [0.3, 0.4) is 0 Å². The molecule has 0 saturated carbocycles. The van der Waals surface area contributed by atoms with Crippen LogP contribution in [-0.2, 0) is 0 Å². The highest BCUT2D eigenvalue weighted by atomic mass is 35.5.